The predicted molar refractivity (Wildman–Crippen MR) is 95.0 cm³/mol. The fourth-order valence-corrected chi connectivity index (χ4v) is 1.83. The van der Waals surface area contributed by atoms with Crippen molar-refractivity contribution in [2.45, 2.75) is 25.8 Å². The summed E-state index contributed by atoms with van der Waals surface area (Å²) in [6.07, 6.45) is 1.56. The average molecular weight is 370 g/mol. The Morgan fingerprint density at radius 3 is 2.48 bits per heavy atom. The molecule has 0 fully saturated rings. The van der Waals surface area contributed by atoms with Crippen LogP contribution in [0.3, 0.4) is 0 Å². The fraction of sp³-hybridized carbons (Fsp3) is 0.533. The zero-order valence-electron chi connectivity index (χ0n) is 13.2. The van der Waals surface area contributed by atoms with Crippen LogP contribution in [-0.4, -0.2) is 32.3 Å². The molecule has 0 bridgehead atoms. The van der Waals surface area contributed by atoms with Gasteiger partial charge in [0.1, 0.15) is 12.4 Å². The topological polar surface area (TPSA) is 76.4 Å². The lowest BCUT2D eigenvalue weighted by Crippen LogP contribution is -2.33. The SMILES string of the molecule is CCCCNC(=O)OCCNC(CN)c1ccc(F)cc1.Cl.Cl. The van der Waals surface area contributed by atoms with Gasteiger partial charge in [-0.25, -0.2) is 9.18 Å². The number of hydrogen-bond acceptors (Lipinski definition) is 4. The second-order valence-electron chi connectivity index (χ2n) is 4.71. The van der Waals surface area contributed by atoms with Gasteiger partial charge in [-0.2, -0.15) is 0 Å². The Morgan fingerprint density at radius 2 is 1.91 bits per heavy atom. The summed E-state index contributed by atoms with van der Waals surface area (Å²) in [5, 5.41) is 5.84. The molecule has 1 rings (SSSR count). The highest BCUT2D eigenvalue weighted by atomic mass is 35.5. The van der Waals surface area contributed by atoms with Crippen LogP contribution in [-0.2, 0) is 4.74 Å². The van der Waals surface area contributed by atoms with Crippen LogP contribution >= 0.6 is 24.8 Å². The summed E-state index contributed by atoms with van der Waals surface area (Å²) in [7, 11) is 0. The van der Waals surface area contributed by atoms with Crippen molar-refractivity contribution in [3.63, 3.8) is 0 Å². The fourth-order valence-electron chi connectivity index (χ4n) is 1.83. The molecule has 0 spiro atoms. The summed E-state index contributed by atoms with van der Waals surface area (Å²) >= 11 is 0. The number of amides is 1. The van der Waals surface area contributed by atoms with Crippen LogP contribution in [0.1, 0.15) is 31.4 Å². The van der Waals surface area contributed by atoms with Gasteiger partial charge in [0.25, 0.3) is 0 Å². The van der Waals surface area contributed by atoms with Gasteiger partial charge in [0, 0.05) is 25.7 Å². The van der Waals surface area contributed by atoms with Crippen molar-refractivity contribution in [2.75, 3.05) is 26.2 Å². The molecule has 1 unspecified atom stereocenters. The van der Waals surface area contributed by atoms with E-state index in [0.29, 0.717) is 19.6 Å². The molecule has 0 aromatic heterocycles. The maximum Gasteiger partial charge on any atom is 0.407 e. The van der Waals surface area contributed by atoms with Crippen molar-refractivity contribution in [1.82, 2.24) is 10.6 Å². The Hall–Kier alpha value is -1.08. The van der Waals surface area contributed by atoms with Crippen molar-refractivity contribution >= 4 is 30.9 Å². The second-order valence-corrected chi connectivity index (χ2v) is 4.71. The Labute approximate surface area is 149 Å². The van der Waals surface area contributed by atoms with Gasteiger partial charge in [-0.05, 0) is 24.1 Å². The van der Waals surface area contributed by atoms with Crippen LogP contribution in [0.2, 0.25) is 0 Å². The summed E-state index contributed by atoms with van der Waals surface area (Å²) in [4.78, 5) is 11.3. The third-order valence-electron chi connectivity index (χ3n) is 3.03. The molecule has 0 radical (unpaired) electrons. The van der Waals surface area contributed by atoms with Gasteiger partial charge in [0.15, 0.2) is 0 Å². The predicted octanol–water partition coefficient (Wildman–Crippen LogP) is 2.79. The highest BCUT2D eigenvalue weighted by molar-refractivity contribution is 5.85. The van der Waals surface area contributed by atoms with E-state index in [0.717, 1.165) is 18.4 Å². The molecule has 0 heterocycles. The molecule has 8 heteroatoms. The zero-order chi connectivity index (χ0) is 15.5. The number of rotatable bonds is 9. The van der Waals surface area contributed by atoms with Crippen LogP contribution in [0.4, 0.5) is 9.18 Å². The lowest BCUT2D eigenvalue weighted by atomic mass is 10.1. The Balaban J connectivity index is 0. The first-order chi connectivity index (χ1) is 10.2. The highest BCUT2D eigenvalue weighted by Gasteiger charge is 2.09. The molecule has 0 aliphatic rings. The molecule has 23 heavy (non-hydrogen) atoms. The number of carbonyl (C=O) groups excluding carboxylic acids is 1. The zero-order valence-corrected chi connectivity index (χ0v) is 14.9. The van der Waals surface area contributed by atoms with Gasteiger partial charge in [-0.1, -0.05) is 25.5 Å². The molecule has 0 saturated heterocycles. The summed E-state index contributed by atoms with van der Waals surface area (Å²) in [6, 6.07) is 6.10. The van der Waals surface area contributed by atoms with Crippen LogP contribution in [0.5, 0.6) is 0 Å². The molecule has 1 atom stereocenters. The minimum atomic E-state index is -0.406. The monoisotopic (exact) mass is 369 g/mol. The average Bonchev–Trinajstić information content (AvgIpc) is 2.49. The normalized spacial score (nSPS) is 10.9. The molecule has 1 amide bonds. The van der Waals surface area contributed by atoms with E-state index >= 15 is 0 Å². The summed E-state index contributed by atoms with van der Waals surface area (Å²) in [6.45, 7) is 3.81. The van der Waals surface area contributed by atoms with Gasteiger partial charge >= 0.3 is 6.09 Å². The number of halogens is 3. The van der Waals surface area contributed by atoms with Crippen molar-refractivity contribution in [3.05, 3.63) is 35.6 Å². The molecule has 0 aliphatic heterocycles. The van der Waals surface area contributed by atoms with E-state index in [4.69, 9.17) is 10.5 Å². The van der Waals surface area contributed by atoms with Crippen molar-refractivity contribution in [1.29, 1.82) is 0 Å². The number of nitrogens with one attached hydrogen (secondary N) is 2. The first-order valence-corrected chi connectivity index (χ1v) is 7.27. The Kier molecular flexibility index (Phi) is 15.3. The second kappa shape index (κ2) is 14.5. The van der Waals surface area contributed by atoms with Gasteiger partial charge in [0.05, 0.1) is 0 Å². The number of nitrogens with two attached hydrogens (primary N) is 1. The molecule has 134 valence electrons. The van der Waals surface area contributed by atoms with E-state index in [1.54, 1.807) is 12.1 Å². The number of alkyl carbamates (subject to hydrolysis) is 1. The smallest absolute Gasteiger partial charge is 0.407 e. The number of hydrogen-bond donors (Lipinski definition) is 3. The van der Waals surface area contributed by atoms with E-state index in [2.05, 4.69) is 17.6 Å². The van der Waals surface area contributed by atoms with Crippen molar-refractivity contribution < 1.29 is 13.9 Å². The lowest BCUT2D eigenvalue weighted by Gasteiger charge is -2.17. The molecular formula is C15H26Cl2FN3O2. The third kappa shape index (κ3) is 10.3. The van der Waals surface area contributed by atoms with Crippen LogP contribution < -0.4 is 16.4 Å². The molecule has 4 N–H and O–H groups in total. The van der Waals surface area contributed by atoms with E-state index in [1.807, 2.05) is 0 Å². The number of ether oxygens (including phenoxy) is 1. The minimum Gasteiger partial charge on any atom is -0.448 e. The van der Waals surface area contributed by atoms with E-state index in [9.17, 15) is 9.18 Å². The summed E-state index contributed by atoms with van der Waals surface area (Å²) in [5.41, 5.74) is 6.60. The standard InChI is InChI=1S/C15H24FN3O2.2ClH/c1-2-3-8-19-15(20)21-10-9-18-14(11-17)12-4-6-13(16)7-5-12;;/h4-7,14,18H,2-3,8-11,17H2,1H3,(H,19,20);2*1H. The van der Waals surface area contributed by atoms with E-state index < -0.39 is 6.09 Å². The first kappa shape index (κ1) is 24.2. The van der Waals surface area contributed by atoms with Gasteiger partial charge in [0.2, 0.25) is 0 Å². The number of carbonyl (C=O) groups is 1. The van der Waals surface area contributed by atoms with Gasteiger partial charge in [-0.3, -0.25) is 0 Å². The van der Waals surface area contributed by atoms with Crippen LogP contribution in [0, 0.1) is 5.82 Å². The maximum atomic E-state index is 12.9. The van der Waals surface area contributed by atoms with Crippen LogP contribution in [0.15, 0.2) is 24.3 Å². The van der Waals surface area contributed by atoms with E-state index in [-0.39, 0.29) is 43.3 Å². The summed E-state index contributed by atoms with van der Waals surface area (Å²) < 4.78 is 17.9. The van der Waals surface area contributed by atoms with Gasteiger partial charge in [-0.15, -0.1) is 24.8 Å². The molecule has 5 nitrogen and oxygen atoms in total. The molecule has 0 aliphatic carbocycles. The third-order valence-corrected chi connectivity index (χ3v) is 3.03. The number of unbranched alkanes of at least 4 members (excludes halogenated alkanes) is 1. The Morgan fingerprint density at radius 1 is 1.26 bits per heavy atom. The summed E-state index contributed by atoms with van der Waals surface area (Å²) in [5.74, 6) is -0.276. The molecule has 1 aromatic rings. The first-order valence-electron chi connectivity index (χ1n) is 7.27. The van der Waals surface area contributed by atoms with Crippen molar-refractivity contribution in [2.24, 2.45) is 5.73 Å². The highest BCUT2D eigenvalue weighted by Crippen LogP contribution is 2.12. The maximum absolute atomic E-state index is 12.9. The Bertz CT molecular complexity index is 422. The molecule has 0 saturated carbocycles. The molecule has 1 aromatic carbocycles. The lowest BCUT2D eigenvalue weighted by molar-refractivity contribution is 0.145. The van der Waals surface area contributed by atoms with Crippen molar-refractivity contribution in [3.8, 4) is 0 Å². The largest absolute Gasteiger partial charge is 0.448 e. The quantitative estimate of drug-likeness (QED) is 0.585. The number of benzene rings is 1. The van der Waals surface area contributed by atoms with Gasteiger partial charge < -0.3 is 21.1 Å². The van der Waals surface area contributed by atoms with Crippen LogP contribution in [0.25, 0.3) is 0 Å². The molecular weight excluding hydrogens is 344 g/mol. The minimum absolute atomic E-state index is 0. The van der Waals surface area contributed by atoms with E-state index in [1.165, 1.54) is 12.1 Å².